The van der Waals surface area contributed by atoms with E-state index in [-0.39, 0.29) is 17.3 Å². The van der Waals surface area contributed by atoms with Gasteiger partial charge in [-0.15, -0.1) is 0 Å². The van der Waals surface area contributed by atoms with Crippen LogP contribution in [0.2, 0.25) is 0 Å². The molecule has 0 bridgehead atoms. The number of amides is 1. The van der Waals surface area contributed by atoms with Crippen molar-refractivity contribution in [2.75, 3.05) is 5.32 Å². The summed E-state index contributed by atoms with van der Waals surface area (Å²) in [7, 11) is -3.75. The lowest BCUT2D eigenvalue weighted by molar-refractivity contribution is 0.102. The summed E-state index contributed by atoms with van der Waals surface area (Å²) in [5, 5.41) is 2.90. The van der Waals surface area contributed by atoms with E-state index in [1.54, 1.807) is 13.0 Å². The number of carbonyl (C=O) groups excluding carboxylic acids is 1. The van der Waals surface area contributed by atoms with Crippen LogP contribution in [0.5, 0.6) is 0 Å². The quantitative estimate of drug-likeness (QED) is 0.612. The van der Waals surface area contributed by atoms with Crippen molar-refractivity contribution in [3.8, 4) is 0 Å². The summed E-state index contributed by atoms with van der Waals surface area (Å²) >= 11 is 0. The molecule has 3 aromatic rings. The number of hydrogen-bond donors (Lipinski definition) is 2. The number of para-hydroxylation sites is 1. The molecule has 0 heterocycles. The minimum atomic E-state index is -3.75. The first-order valence-corrected chi connectivity index (χ1v) is 10.9. The zero-order valence-electron chi connectivity index (χ0n) is 16.5. The maximum atomic E-state index is 12.8. The van der Waals surface area contributed by atoms with Gasteiger partial charge in [0.2, 0.25) is 10.0 Å². The van der Waals surface area contributed by atoms with Gasteiger partial charge in [0.15, 0.2) is 0 Å². The molecular weight excluding hydrogens is 384 g/mol. The summed E-state index contributed by atoms with van der Waals surface area (Å²) in [6, 6.07) is 21.4. The number of nitrogens with one attached hydrogen (secondary N) is 2. The number of anilines is 1. The van der Waals surface area contributed by atoms with Gasteiger partial charge in [0, 0.05) is 17.8 Å². The largest absolute Gasteiger partial charge is 0.322 e. The molecule has 0 aliphatic heterocycles. The van der Waals surface area contributed by atoms with Crippen LogP contribution in [0.25, 0.3) is 0 Å². The normalized spacial score (nSPS) is 11.2. The fourth-order valence-corrected chi connectivity index (χ4v) is 4.05. The Hall–Kier alpha value is -2.96. The Bertz CT molecular complexity index is 1110. The summed E-state index contributed by atoms with van der Waals surface area (Å²) in [6.07, 6.45) is 0.785. The predicted octanol–water partition coefficient (Wildman–Crippen LogP) is 4.29. The molecule has 3 aromatic carbocycles. The number of sulfonamides is 1. The number of hydrogen-bond acceptors (Lipinski definition) is 3. The van der Waals surface area contributed by atoms with E-state index in [1.807, 2.05) is 61.5 Å². The average molecular weight is 409 g/mol. The van der Waals surface area contributed by atoms with Crippen LogP contribution >= 0.6 is 0 Å². The van der Waals surface area contributed by atoms with Crippen LogP contribution in [0.4, 0.5) is 5.69 Å². The molecule has 0 unspecified atom stereocenters. The maximum absolute atomic E-state index is 12.8. The minimum Gasteiger partial charge on any atom is -0.322 e. The van der Waals surface area contributed by atoms with Crippen LogP contribution in [-0.2, 0) is 23.0 Å². The van der Waals surface area contributed by atoms with Gasteiger partial charge in [0.05, 0.1) is 4.90 Å². The van der Waals surface area contributed by atoms with E-state index < -0.39 is 10.0 Å². The molecule has 0 saturated carbocycles. The monoisotopic (exact) mass is 408 g/mol. The third kappa shape index (κ3) is 5.10. The van der Waals surface area contributed by atoms with E-state index in [4.69, 9.17) is 0 Å². The molecule has 0 radical (unpaired) electrons. The van der Waals surface area contributed by atoms with Crippen molar-refractivity contribution in [1.29, 1.82) is 0 Å². The summed E-state index contributed by atoms with van der Waals surface area (Å²) in [5.41, 5.74) is 3.65. The molecule has 0 aromatic heterocycles. The van der Waals surface area contributed by atoms with Crippen molar-refractivity contribution in [2.45, 2.75) is 31.7 Å². The molecule has 0 saturated heterocycles. The lowest BCUT2D eigenvalue weighted by Gasteiger charge is -2.13. The van der Waals surface area contributed by atoms with Gasteiger partial charge in [0.1, 0.15) is 0 Å². The second kappa shape index (κ2) is 9.03. The zero-order chi connectivity index (χ0) is 20.9. The van der Waals surface area contributed by atoms with Gasteiger partial charge in [0.25, 0.3) is 5.91 Å². The molecule has 2 N–H and O–H groups in total. The van der Waals surface area contributed by atoms with Crippen LogP contribution in [0.1, 0.15) is 34.0 Å². The van der Waals surface area contributed by atoms with Crippen LogP contribution in [0, 0.1) is 6.92 Å². The van der Waals surface area contributed by atoms with Gasteiger partial charge < -0.3 is 5.32 Å². The summed E-state index contributed by atoms with van der Waals surface area (Å²) in [5.74, 6) is -0.330. The van der Waals surface area contributed by atoms with Crippen molar-refractivity contribution in [2.24, 2.45) is 0 Å². The molecule has 0 aliphatic rings. The molecular formula is C23H24N2O3S. The molecule has 0 aliphatic carbocycles. The molecule has 29 heavy (non-hydrogen) atoms. The first-order valence-electron chi connectivity index (χ1n) is 9.44. The second-order valence-electron chi connectivity index (χ2n) is 6.75. The second-order valence-corrected chi connectivity index (χ2v) is 8.52. The molecule has 150 valence electrons. The Morgan fingerprint density at radius 1 is 0.931 bits per heavy atom. The average Bonchev–Trinajstić information content (AvgIpc) is 2.73. The lowest BCUT2D eigenvalue weighted by atomic mass is 10.1. The van der Waals surface area contributed by atoms with E-state index in [0.29, 0.717) is 11.1 Å². The molecule has 0 spiro atoms. The van der Waals surface area contributed by atoms with E-state index in [2.05, 4.69) is 10.0 Å². The van der Waals surface area contributed by atoms with Crippen LogP contribution in [0.3, 0.4) is 0 Å². The first-order chi connectivity index (χ1) is 13.9. The Balaban J connectivity index is 1.82. The van der Waals surface area contributed by atoms with Crippen molar-refractivity contribution in [3.63, 3.8) is 0 Å². The van der Waals surface area contributed by atoms with E-state index in [1.165, 1.54) is 12.1 Å². The van der Waals surface area contributed by atoms with Crippen LogP contribution in [0.15, 0.2) is 77.7 Å². The third-order valence-electron chi connectivity index (χ3n) is 4.72. The highest BCUT2D eigenvalue weighted by Gasteiger charge is 2.18. The Kier molecular flexibility index (Phi) is 6.46. The van der Waals surface area contributed by atoms with Gasteiger partial charge in [-0.05, 0) is 48.2 Å². The van der Waals surface area contributed by atoms with E-state index in [0.717, 1.165) is 23.2 Å². The Morgan fingerprint density at radius 2 is 1.62 bits per heavy atom. The highest BCUT2D eigenvalue weighted by Crippen LogP contribution is 2.20. The maximum Gasteiger partial charge on any atom is 0.255 e. The predicted molar refractivity (Wildman–Crippen MR) is 115 cm³/mol. The minimum absolute atomic E-state index is 0.0629. The zero-order valence-corrected chi connectivity index (χ0v) is 17.3. The van der Waals surface area contributed by atoms with Crippen molar-refractivity contribution < 1.29 is 13.2 Å². The van der Waals surface area contributed by atoms with Crippen LogP contribution < -0.4 is 10.0 Å². The van der Waals surface area contributed by atoms with Crippen molar-refractivity contribution >= 4 is 21.6 Å². The number of rotatable bonds is 7. The highest BCUT2D eigenvalue weighted by atomic mass is 32.2. The first kappa shape index (κ1) is 20.8. The fourth-order valence-electron chi connectivity index (χ4n) is 3.01. The van der Waals surface area contributed by atoms with Gasteiger partial charge in [-0.25, -0.2) is 13.1 Å². The van der Waals surface area contributed by atoms with E-state index >= 15 is 0 Å². The molecule has 5 nitrogen and oxygen atoms in total. The molecule has 1 amide bonds. The van der Waals surface area contributed by atoms with Crippen molar-refractivity contribution in [3.05, 3.63) is 95.1 Å². The van der Waals surface area contributed by atoms with Crippen LogP contribution in [-0.4, -0.2) is 14.3 Å². The topological polar surface area (TPSA) is 75.3 Å². The fraction of sp³-hybridized carbons (Fsp3) is 0.174. The Morgan fingerprint density at radius 3 is 2.34 bits per heavy atom. The van der Waals surface area contributed by atoms with Crippen molar-refractivity contribution in [1.82, 2.24) is 4.72 Å². The highest BCUT2D eigenvalue weighted by molar-refractivity contribution is 7.89. The molecule has 6 heteroatoms. The SMILES string of the molecule is CCc1ccccc1NC(=O)c1cc(S(=O)(=O)NCc2ccccc2)ccc1C. The number of benzene rings is 3. The molecule has 3 rings (SSSR count). The lowest BCUT2D eigenvalue weighted by Crippen LogP contribution is -2.24. The summed E-state index contributed by atoms with van der Waals surface area (Å²) < 4.78 is 28.0. The summed E-state index contributed by atoms with van der Waals surface area (Å²) in [6.45, 7) is 3.98. The summed E-state index contributed by atoms with van der Waals surface area (Å²) in [4.78, 5) is 12.9. The molecule has 0 fully saturated rings. The Labute approximate surface area is 171 Å². The standard InChI is InChI=1S/C23H24N2O3S/c1-3-19-11-7-8-12-22(19)25-23(26)21-15-20(14-13-17(21)2)29(27,28)24-16-18-9-5-4-6-10-18/h4-15,24H,3,16H2,1-2H3,(H,25,26). The number of carbonyl (C=O) groups is 1. The molecule has 0 atom stereocenters. The van der Waals surface area contributed by atoms with Gasteiger partial charge in [-0.2, -0.15) is 0 Å². The number of aryl methyl sites for hydroxylation is 2. The van der Waals surface area contributed by atoms with Gasteiger partial charge in [-0.1, -0.05) is 61.5 Å². The smallest absolute Gasteiger partial charge is 0.255 e. The van der Waals surface area contributed by atoms with Gasteiger partial charge in [-0.3, -0.25) is 4.79 Å². The third-order valence-corrected chi connectivity index (χ3v) is 6.12. The van der Waals surface area contributed by atoms with E-state index in [9.17, 15) is 13.2 Å². The van der Waals surface area contributed by atoms with Gasteiger partial charge >= 0.3 is 0 Å².